The van der Waals surface area contributed by atoms with E-state index in [1.165, 1.54) is 6.08 Å². The van der Waals surface area contributed by atoms with Gasteiger partial charge in [0.25, 0.3) is 5.91 Å². The molecule has 1 aliphatic heterocycles. The Morgan fingerprint density at radius 2 is 1.76 bits per heavy atom. The van der Waals surface area contributed by atoms with Crippen LogP contribution in [0.2, 0.25) is 0 Å². The standard InChI is InChI=1S/C19H24N2O4/c1-3-4-5-6-19(23)25-15-18(22)21-13-11-20(12-14-21)16-7-9-17(24-2)10-8-16/h3-10H,11-15H2,1-2H3/b4-3+,6-5+. The molecule has 0 radical (unpaired) electrons. The number of ether oxygens (including phenoxy) is 2. The quantitative estimate of drug-likeness (QED) is 0.449. The zero-order valence-corrected chi connectivity index (χ0v) is 14.7. The highest BCUT2D eigenvalue weighted by atomic mass is 16.5. The van der Waals surface area contributed by atoms with Gasteiger partial charge in [0.15, 0.2) is 6.61 Å². The monoisotopic (exact) mass is 344 g/mol. The van der Waals surface area contributed by atoms with Crippen molar-refractivity contribution in [2.24, 2.45) is 0 Å². The number of carbonyl (C=O) groups excluding carboxylic acids is 2. The van der Waals surface area contributed by atoms with Gasteiger partial charge in [0.05, 0.1) is 7.11 Å². The lowest BCUT2D eigenvalue weighted by Crippen LogP contribution is -2.49. The highest BCUT2D eigenvalue weighted by Gasteiger charge is 2.21. The number of nitrogens with zero attached hydrogens (tertiary/aromatic N) is 2. The van der Waals surface area contributed by atoms with Crippen LogP contribution in [0, 0.1) is 0 Å². The van der Waals surface area contributed by atoms with E-state index >= 15 is 0 Å². The van der Waals surface area contributed by atoms with Gasteiger partial charge >= 0.3 is 5.97 Å². The van der Waals surface area contributed by atoms with Crippen molar-refractivity contribution in [2.45, 2.75) is 6.92 Å². The van der Waals surface area contributed by atoms with Crippen LogP contribution in [0.5, 0.6) is 5.75 Å². The third-order valence-electron chi connectivity index (χ3n) is 3.94. The molecular weight excluding hydrogens is 320 g/mol. The summed E-state index contributed by atoms with van der Waals surface area (Å²) in [6.45, 7) is 4.33. The van der Waals surface area contributed by atoms with E-state index in [1.807, 2.05) is 31.2 Å². The van der Waals surface area contributed by atoms with E-state index in [4.69, 9.17) is 9.47 Å². The van der Waals surface area contributed by atoms with Crippen LogP contribution in [0.4, 0.5) is 5.69 Å². The van der Waals surface area contributed by atoms with E-state index in [-0.39, 0.29) is 12.5 Å². The molecule has 6 heteroatoms. The fourth-order valence-corrected chi connectivity index (χ4v) is 2.52. The van der Waals surface area contributed by atoms with Crippen molar-refractivity contribution in [2.75, 3.05) is 44.8 Å². The number of rotatable bonds is 6. The number of hydrogen-bond acceptors (Lipinski definition) is 5. The van der Waals surface area contributed by atoms with Crippen LogP contribution in [-0.4, -0.2) is 56.7 Å². The molecule has 0 N–H and O–H groups in total. The summed E-state index contributed by atoms with van der Waals surface area (Å²) in [6.07, 6.45) is 6.41. The van der Waals surface area contributed by atoms with Crippen LogP contribution in [0.3, 0.4) is 0 Å². The lowest BCUT2D eigenvalue weighted by Gasteiger charge is -2.36. The van der Waals surface area contributed by atoms with Gasteiger partial charge in [-0.25, -0.2) is 4.79 Å². The third kappa shape index (κ3) is 5.67. The maximum atomic E-state index is 12.1. The summed E-state index contributed by atoms with van der Waals surface area (Å²) in [6, 6.07) is 7.87. The van der Waals surface area contributed by atoms with Crippen molar-refractivity contribution >= 4 is 17.6 Å². The summed E-state index contributed by atoms with van der Waals surface area (Å²) in [5, 5.41) is 0. The number of benzene rings is 1. The van der Waals surface area contributed by atoms with Gasteiger partial charge in [0, 0.05) is 37.9 Å². The van der Waals surface area contributed by atoms with Crippen LogP contribution in [0.15, 0.2) is 48.6 Å². The summed E-state index contributed by atoms with van der Waals surface area (Å²) in [5.41, 5.74) is 1.11. The SMILES string of the molecule is C/C=C/C=C/C(=O)OCC(=O)N1CCN(c2ccc(OC)cc2)CC1. The van der Waals surface area contributed by atoms with Gasteiger partial charge < -0.3 is 19.3 Å². The van der Waals surface area contributed by atoms with Gasteiger partial charge in [-0.2, -0.15) is 0 Å². The van der Waals surface area contributed by atoms with Crippen molar-refractivity contribution < 1.29 is 19.1 Å². The Labute approximate surface area is 148 Å². The molecule has 1 amide bonds. The summed E-state index contributed by atoms with van der Waals surface area (Å²) in [4.78, 5) is 27.5. The Morgan fingerprint density at radius 1 is 1.08 bits per heavy atom. The van der Waals surface area contributed by atoms with Crippen LogP contribution >= 0.6 is 0 Å². The Morgan fingerprint density at radius 3 is 2.36 bits per heavy atom. The molecule has 134 valence electrons. The van der Waals surface area contributed by atoms with Crippen molar-refractivity contribution in [1.82, 2.24) is 4.90 Å². The van der Waals surface area contributed by atoms with Gasteiger partial charge in [0.2, 0.25) is 0 Å². The number of anilines is 1. The maximum absolute atomic E-state index is 12.1. The molecule has 1 heterocycles. The molecule has 1 aromatic carbocycles. The van der Waals surface area contributed by atoms with Gasteiger partial charge in [-0.3, -0.25) is 4.79 Å². The molecule has 1 aromatic rings. The van der Waals surface area contributed by atoms with Gasteiger partial charge in [-0.05, 0) is 31.2 Å². The minimum Gasteiger partial charge on any atom is -0.497 e. The van der Waals surface area contributed by atoms with Crippen LogP contribution < -0.4 is 9.64 Å². The Hall–Kier alpha value is -2.76. The minimum absolute atomic E-state index is 0.165. The number of methoxy groups -OCH3 is 1. The Bertz CT molecular complexity index is 629. The van der Waals surface area contributed by atoms with E-state index in [0.29, 0.717) is 13.1 Å². The first-order valence-electron chi connectivity index (χ1n) is 8.27. The lowest BCUT2D eigenvalue weighted by molar-refractivity contribution is -0.148. The topological polar surface area (TPSA) is 59.1 Å². The maximum Gasteiger partial charge on any atom is 0.331 e. The van der Waals surface area contributed by atoms with Crippen molar-refractivity contribution in [1.29, 1.82) is 0 Å². The lowest BCUT2D eigenvalue weighted by atomic mass is 10.2. The normalized spacial score (nSPS) is 15.0. The van der Waals surface area contributed by atoms with Gasteiger partial charge in [-0.1, -0.05) is 18.2 Å². The van der Waals surface area contributed by atoms with Gasteiger partial charge in [-0.15, -0.1) is 0 Å². The van der Waals surface area contributed by atoms with Crippen molar-refractivity contribution in [3.05, 3.63) is 48.6 Å². The van der Waals surface area contributed by atoms with E-state index < -0.39 is 5.97 Å². The molecule has 1 fully saturated rings. The molecule has 0 saturated carbocycles. The van der Waals surface area contributed by atoms with Crippen molar-refractivity contribution in [3.63, 3.8) is 0 Å². The largest absolute Gasteiger partial charge is 0.497 e. The summed E-state index contributed by atoms with van der Waals surface area (Å²) >= 11 is 0. The summed E-state index contributed by atoms with van der Waals surface area (Å²) < 4.78 is 10.1. The van der Waals surface area contributed by atoms with Crippen molar-refractivity contribution in [3.8, 4) is 5.75 Å². The molecule has 0 spiro atoms. The minimum atomic E-state index is -0.511. The molecule has 0 unspecified atom stereocenters. The number of carbonyl (C=O) groups is 2. The third-order valence-corrected chi connectivity index (χ3v) is 3.94. The predicted octanol–water partition coefficient (Wildman–Crippen LogP) is 2.02. The van der Waals surface area contributed by atoms with E-state index in [1.54, 1.807) is 30.2 Å². The molecule has 0 atom stereocenters. The van der Waals surface area contributed by atoms with Gasteiger partial charge in [0.1, 0.15) is 5.75 Å². The first-order chi connectivity index (χ1) is 12.1. The average Bonchev–Trinajstić information content (AvgIpc) is 2.66. The zero-order valence-electron chi connectivity index (χ0n) is 14.7. The Balaban J connectivity index is 1.76. The number of hydrogen-bond donors (Lipinski definition) is 0. The highest BCUT2D eigenvalue weighted by Crippen LogP contribution is 2.20. The number of amides is 1. The highest BCUT2D eigenvalue weighted by molar-refractivity contribution is 5.86. The first-order valence-corrected chi connectivity index (χ1v) is 8.27. The number of piperazine rings is 1. The molecule has 0 aromatic heterocycles. The molecule has 2 rings (SSSR count). The Kier molecular flexibility index (Phi) is 7.07. The van der Waals surface area contributed by atoms with Crippen LogP contribution in [-0.2, 0) is 14.3 Å². The second-order valence-electron chi connectivity index (χ2n) is 5.56. The van der Waals surface area contributed by atoms with Crippen LogP contribution in [0.25, 0.3) is 0 Å². The number of esters is 1. The molecule has 25 heavy (non-hydrogen) atoms. The first kappa shape index (κ1) is 18.6. The smallest absolute Gasteiger partial charge is 0.331 e. The molecule has 1 aliphatic rings. The van der Waals surface area contributed by atoms with E-state index in [0.717, 1.165) is 24.5 Å². The average molecular weight is 344 g/mol. The molecule has 0 aliphatic carbocycles. The second-order valence-corrected chi connectivity index (χ2v) is 5.56. The zero-order chi connectivity index (χ0) is 18.1. The second kappa shape index (κ2) is 9.52. The molecule has 6 nitrogen and oxygen atoms in total. The van der Waals surface area contributed by atoms with E-state index in [2.05, 4.69) is 4.90 Å². The predicted molar refractivity (Wildman–Crippen MR) is 96.7 cm³/mol. The molecular formula is C19H24N2O4. The number of allylic oxidation sites excluding steroid dienone is 3. The fourth-order valence-electron chi connectivity index (χ4n) is 2.52. The van der Waals surface area contributed by atoms with E-state index in [9.17, 15) is 9.59 Å². The molecule has 0 bridgehead atoms. The fraction of sp³-hybridized carbons (Fsp3) is 0.368. The molecule has 1 saturated heterocycles. The van der Waals surface area contributed by atoms with Crippen LogP contribution in [0.1, 0.15) is 6.92 Å². The summed E-state index contributed by atoms with van der Waals surface area (Å²) in [5.74, 6) is 0.147. The summed E-state index contributed by atoms with van der Waals surface area (Å²) in [7, 11) is 1.64.